The Morgan fingerprint density at radius 2 is 1.93 bits per heavy atom. The maximum atomic E-state index is 12.3. The molecule has 10 heteroatoms. The molecule has 0 saturated carbocycles. The first-order valence-electron chi connectivity index (χ1n) is 9.59. The molecule has 0 aromatic heterocycles. The normalized spacial score (nSPS) is 19.4. The lowest BCUT2D eigenvalue weighted by Gasteiger charge is -2.32. The van der Waals surface area contributed by atoms with E-state index in [1.165, 1.54) is 18.9 Å². The summed E-state index contributed by atoms with van der Waals surface area (Å²) in [7, 11) is 3.52. The van der Waals surface area contributed by atoms with Gasteiger partial charge >= 0.3 is 6.18 Å². The van der Waals surface area contributed by atoms with Gasteiger partial charge in [0.15, 0.2) is 16.7 Å². The van der Waals surface area contributed by atoms with E-state index in [0.29, 0.717) is 16.4 Å². The van der Waals surface area contributed by atoms with Gasteiger partial charge in [-0.25, -0.2) is 0 Å². The standard InChI is InChI=1S/C20H24F3N3O3S/c1-25-7-9-26(10-8-25)19-24-18(27)17(30-19)13-14-4-5-15(16(12-14)28-2)29-11-3-6-20(21,22)23/h4-5,12-13H,3,6-11H2,1-2H3. The topological polar surface area (TPSA) is 54.4 Å². The van der Waals surface area contributed by atoms with Crippen molar-refractivity contribution >= 4 is 28.9 Å². The number of amidine groups is 1. The van der Waals surface area contributed by atoms with Crippen LogP contribution in [0.5, 0.6) is 11.5 Å². The molecule has 1 aromatic carbocycles. The molecule has 2 aliphatic rings. The van der Waals surface area contributed by atoms with E-state index in [1.54, 1.807) is 24.3 Å². The molecule has 164 valence electrons. The van der Waals surface area contributed by atoms with Crippen molar-refractivity contribution in [3.8, 4) is 11.5 Å². The maximum absolute atomic E-state index is 12.3. The minimum atomic E-state index is -4.19. The number of piperazine rings is 1. The van der Waals surface area contributed by atoms with Crippen LogP contribution < -0.4 is 9.47 Å². The first-order chi connectivity index (χ1) is 14.2. The fourth-order valence-corrected chi connectivity index (χ4v) is 4.00. The average Bonchev–Trinajstić information content (AvgIpc) is 3.06. The fraction of sp³-hybridized carbons (Fsp3) is 0.500. The van der Waals surface area contributed by atoms with Crippen molar-refractivity contribution in [2.45, 2.75) is 19.0 Å². The number of amides is 1. The van der Waals surface area contributed by atoms with Gasteiger partial charge in [0.05, 0.1) is 18.6 Å². The van der Waals surface area contributed by atoms with Crippen LogP contribution in [-0.2, 0) is 4.79 Å². The summed E-state index contributed by atoms with van der Waals surface area (Å²) in [6.45, 7) is 3.45. The Morgan fingerprint density at radius 1 is 1.20 bits per heavy atom. The van der Waals surface area contributed by atoms with E-state index in [1.807, 2.05) is 0 Å². The number of carbonyl (C=O) groups excluding carboxylic acids is 1. The number of nitrogens with zero attached hydrogens (tertiary/aromatic N) is 3. The van der Waals surface area contributed by atoms with Gasteiger partial charge in [0, 0.05) is 32.6 Å². The van der Waals surface area contributed by atoms with E-state index in [9.17, 15) is 18.0 Å². The molecule has 1 amide bonds. The number of hydrogen-bond acceptors (Lipinski definition) is 6. The largest absolute Gasteiger partial charge is 0.493 e. The average molecular weight is 443 g/mol. The van der Waals surface area contributed by atoms with Gasteiger partial charge in [-0.2, -0.15) is 18.2 Å². The van der Waals surface area contributed by atoms with E-state index < -0.39 is 12.6 Å². The van der Waals surface area contributed by atoms with E-state index in [2.05, 4.69) is 21.8 Å². The number of benzene rings is 1. The number of ether oxygens (including phenoxy) is 2. The zero-order valence-electron chi connectivity index (χ0n) is 16.9. The minimum absolute atomic E-state index is 0.0626. The molecule has 0 N–H and O–H groups in total. The van der Waals surface area contributed by atoms with Crippen molar-refractivity contribution in [1.29, 1.82) is 0 Å². The number of halogens is 3. The molecule has 0 aliphatic carbocycles. The van der Waals surface area contributed by atoms with Crippen LogP contribution in [0.4, 0.5) is 13.2 Å². The van der Waals surface area contributed by atoms with Crippen LogP contribution in [0.15, 0.2) is 28.1 Å². The van der Waals surface area contributed by atoms with Crippen LogP contribution >= 0.6 is 11.8 Å². The molecule has 1 fully saturated rings. The number of methoxy groups -OCH3 is 1. The number of alkyl halides is 3. The van der Waals surface area contributed by atoms with Crippen LogP contribution in [0.3, 0.4) is 0 Å². The smallest absolute Gasteiger partial charge is 0.389 e. The van der Waals surface area contributed by atoms with Gasteiger partial charge < -0.3 is 19.3 Å². The summed E-state index contributed by atoms with van der Waals surface area (Å²) in [4.78, 5) is 21.3. The Balaban J connectivity index is 1.62. The quantitative estimate of drug-likeness (QED) is 0.494. The van der Waals surface area contributed by atoms with Crippen molar-refractivity contribution < 1.29 is 27.4 Å². The maximum Gasteiger partial charge on any atom is 0.389 e. The van der Waals surface area contributed by atoms with Crippen molar-refractivity contribution in [3.63, 3.8) is 0 Å². The van der Waals surface area contributed by atoms with Crippen molar-refractivity contribution in [1.82, 2.24) is 9.80 Å². The lowest BCUT2D eigenvalue weighted by molar-refractivity contribution is -0.136. The highest BCUT2D eigenvalue weighted by atomic mass is 32.2. The highest BCUT2D eigenvalue weighted by Crippen LogP contribution is 2.34. The van der Waals surface area contributed by atoms with Crippen molar-refractivity contribution in [3.05, 3.63) is 28.7 Å². The summed E-state index contributed by atoms with van der Waals surface area (Å²) >= 11 is 1.35. The third-order valence-electron chi connectivity index (χ3n) is 4.73. The van der Waals surface area contributed by atoms with Crippen LogP contribution in [0.1, 0.15) is 18.4 Å². The molecule has 0 radical (unpaired) electrons. The lowest BCUT2D eigenvalue weighted by atomic mass is 10.2. The second-order valence-electron chi connectivity index (χ2n) is 7.08. The summed E-state index contributed by atoms with van der Waals surface area (Å²) in [5.74, 6) is 0.481. The predicted octanol–water partition coefficient (Wildman–Crippen LogP) is 3.63. The molecule has 30 heavy (non-hydrogen) atoms. The molecule has 0 spiro atoms. The Kier molecular flexibility index (Phi) is 7.30. The SMILES string of the molecule is COc1cc(C=C2SC(N3CCN(C)CC3)=NC2=O)ccc1OCCCC(F)(F)F. The molecule has 2 aliphatic heterocycles. The highest BCUT2D eigenvalue weighted by molar-refractivity contribution is 8.18. The predicted molar refractivity (Wildman–Crippen MR) is 111 cm³/mol. The summed E-state index contributed by atoms with van der Waals surface area (Å²) in [5, 5.41) is 0.718. The third-order valence-corrected chi connectivity index (χ3v) is 5.78. The van der Waals surface area contributed by atoms with E-state index in [-0.39, 0.29) is 18.9 Å². The fourth-order valence-electron chi connectivity index (χ4n) is 3.03. The summed E-state index contributed by atoms with van der Waals surface area (Å²) in [5.41, 5.74) is 0.722. The Hall–Kier alpha value is -2.20. The van der Waals surface area contributed by atoms with Gasteiger partial charge in [-0.1, -0.05) is 6.07 Å². The molecule has 0 unspecified atom stereocenters. The number of aliphatic imine (C=N–C) groups is 1. The first kappa shape index (κ1) is 22.5. The summed E-state index contributed by atoms with van der Waals surface area (Å²) in [6.07, 6.45) is -3.49. The summed E-state index contributed by atoms with van der Waals surface area (Å²) < 4.78 is 47.4. The van der Waals surface area contributed by atoms with Gasteiger partial charge in [-0.05, 0) is 49.0 Å². The van der Waals surface area contributed by atoms with E-state index in [4.69, 9.17) is 9.47 Å². The molecule has 1 aromatic rings. The molecule has 0 atom stereocenters. The van der Waals surface area contributed by atoms with Gasteiger partial charge in [0.25, 0.3) is 5.91 Å². The zero-order valence-corrected chi connectivity index (χ0v) is 17.7. The number of likely N-dealkylation sites (N-methyl/N-ethyl adjacent to an activating group) is 1. The molecular weight excluding hydrogens is 419 g/mol. The zero-order chi connectivity index (χ0) is 21.7. The van der Waals surface area contributed by atoms with Gasteiger partial charge in [-0.3, -0.25) is 4.79 Å². The van der Waals surface area contributed by atoms with E-state index >= 15 is 0 Å². The number of rotatable bonds is 6. The van der Waals surface area contributed by atoms with Crippen LogP contribution in [0.25, 0.3) is 6.08 Å². The second-order valence-corrected chi connectivity index (χ2v) is 8.09. The van der Waals surface area contributed by atoms with Crippen molar-refractivity contribution in [2.24, 2.45) is 4.99 Å². The highest BCUT2D eigenvalue weighted by Gasteiger charge is 2.28. The Labute approximate surface area is 177 Å². The van der Waals surface area contributed by atoms with Crippen LogP contribution in [0, 0.1) is 0 Å². The summed E-state index contributed by atoms with van der Waals surface area (Å²) in [6, 6.07) is 5.05. The van der Waals surface area contributed by atoms with Gasteiger partial charge in [0.1, 0.15) is 0 Å². The molecular formula is C20H24F3N3O3S. The van der Waals surface area contributed by atoms with Gasteiger partial charge in [-0.15, -0.1) is 0 Å². The molecule has 1 saturated heterocycles. The van der Waals surface area contributed by atoms with Crippen LogP contribution in [-0.4, -0.2) is 74.0 Å². The van der Waals surface area contributed by atoms with Gasteiger partial charge in [0.2, 0.25) is 0 Å². The second kappa shape index (κ2) is 9.74. The molecule has 6 nitrogen and oxygen atoms in total. The lowest BCUT2D eigenvalue weighted by Crippen LogP contribution is -2.46. The molecule has 0 bridgehead atoms. The monoisotopic (exact) mass is 443 g/mol. The Bertz CT molecular complexity index is 834. The minimum Gasteiger partial charge on any atom is -0.493 e. The third kappa shape index (κ3) is 6.15. The Morgan fingerprint density at radius 3 is 2.60 bits per heavy atom. The molecule has 3 rings (SSSR count). The molecule has 2 heterocycles. The number of carbonyl (C=O) groups is 1. The van der Waals surface area contributed by atoms with Crippen LogP contribution in [0.2, 0.25) is 0 Å². The van der Waals surface area contributed by atoms with Crippen molar-refractivity contribution in [2.75, 3.05) is 46.9 Å². The number of thioether (sulfide) groups is 1. The number of hydrogen-bond donors (Lipinski definition) is 0. The van der Waals surface area contributed by atoms with E-state index in [0.717, 1.165) is 36.9 Å². The first-order valence-corrected chi connectivity index (χ1v) is 10.4.